The quantitative estimate of drug-likeness (QED) is 0.0758. The van der Waals surface area contributed by atoms with E-state index in [0.717, 1.165) is 26.1 Å². The Morgan fingerprint density at radius 1 is 0.357 bits per heavy atom. The number of hydrogen-bond acceptors (Lipinski definition) is 5. The first-order valence-corrected chi connectivity index (χ1v) is 11.9. The average molecular weight is 405 g/mol. The Bertz CT molecular complexity index is 237. The molecule has 0 bridgehead atoms. The number of hydrogen-bond donors (Lipinski definition) is 0. The molecule has 0 heterocycles. The lowest BCUT2D eigenvalue weighted by Gasteiger charge is -2.07. The minimum absolute atomic E-state index is 0.193. The Morgan fingerprint density at radius 2 is 0.786 bits per heavy atom. The van der Waals surface area contributed by atoms with Gasteiger partial charge < -0.3 is 14.2 Å². The molecule has 0 radical (unpaired) electrons. The molecular weight excluding hydrogens is 356 g/mol. The van der Waals surface area contributed by atoms with Gasteiger partial charge in [0.05, 0.1) is 19.8 Å². The van der Waals surface area contributed by atoms with Crippen molar-refractivity contribution in [3.05, 3.63) is 0 Å². The third-order valence-electron chi connectivity index (χ3n) is 4.68. The summed E-state index contributed by atoms with van der Waals surface area (Å²) in [6.07, 6.45) is 18.3. The van der Waals surface area contributed by atoms with Crippen LogP contribution < -0.4 is 0 Å². The standard InChI is InChI=1S/C23H48O5/c1-3-5-7-9-10-11-12-13-14-16-18-26-23-28-27-22-21-25-20-19-24-17-15-8-6-4-2/h3-23H2,1-2H3. The molecule has 0 unspecified atom stereocenters. The van der Waals surface area contributed by atoms with Crippen molar-refractivity contribution in [1.82, 2.24) is 0 Å². The third-order valence-corrected chi connectivity index (χ3v) is 4.68. The van der Waals surface area contributed by atoms with Gasteiger partial charge in [-0.1, -0.05) is 90.9 Å². The smallest absolute Gasteiger partial charge is 0.180 e. The van der Waals surface area contributed by atoms with E-state index in [1.54, 1.807) is 0 Å². The van der Waals surface area contributed by atoms with Crippen LogP contribution in [0.4, 0.5) is 0 Å². The summed E-state index contributed by atoms with van der Waals surface area (Å²) in [5.41, 5.74) is 0. The fourth-order valence-electron chi connectivity index (χ4n) is 2.92. The predicted octanol–water partition coefficient (Wildman–Crippen LogP) is 6.44. The van der Waals surface area contributed by atoms with Crippen LogP contribution in [0.1, 0.15) is 104 Å². The Hall–Kier alpha value is -0.200. The second-order valence-electron chi connectivity index (χ2n) is 7.43. The molecule has 0 aliphatic carbocycles. The highest BCUT2D eigenvalue weighted by Gasteiger charge is 1.95. The van der Waals surface area contributed by atoms with Crippen molar-refractivity contribution >= 4 is 0 Å². The molecule has 0 aromatic heterocycles. The van der Waals surface area contributed by atoms with E-state index in [0.29, 0.717) is 26.4 Å². The van der Waals surface area contributed by atoms with Gasteiger partial charge in [0, 0.05) is 13.2 Å². The first kappa shape index (κ1) is 27.8. The molecule has 0 fully saturated rings. The summed E-state index contributed by atoms with van der Waals surface area (Å²) in [7, 11) is 0. The SMILES string of the molecule is CCCCCCCCCCCCOCOOCCOCCOCCCCCC. The van der Waals surface area contributed by atoms with Crippen LogP contribution >= 0.6 is 0 Å². The maximum atomic E-state index is 5.50. The molecule has 5 heteroatoms. The normalized spacial score (nSPS) is 11.4. The van der Waals surface area contributed by atoms with Crippen LogP contribution in [0.15, 0.2) is 0 Å². The Morgan fingerprint density at radius 3 is 1.39 bits per heavy atom. The van der Waals surface area contributed by atoms with Crippen LogP contribution in [-0.4, -0.2) is 46.4 Å². The van der Waals surface area contributed by atoms with Gasteiger partial charge in [-0.25, -0.2) is 9.78 Å². The van der Waals surface area contributed by atoms with Crippen molar-refractivity contribution < 1.29 is 24.0 Å². The van der Waals surface area contributed by atoms with Crippen LogP contribution in [0.25, 0.3) is 0 Å². The van der Waals surface area contributed by atoms with Crippen molar-refractivity contribution in [2.24, 2.45) is 0 Å². The lowest BCUT2D eigenvalue weighted by atomic mass is 10.1. The van der Waals surface area contributed by atoms with E-state index >= 15 is 0 Å². The van der Waals surface area contributed by atoms with Crippen molar-refractivity contribution in [2.75, 3.05) is 46.4 Å². The molecule has 5 nitrogen and oxygen atoms in total. The number of rotatable bonds is 25. The van der Waals surface area contributed by atoms with Gasteiger partial charge in [-0.3, -0.25) is 0 Å². The van der Waals surface area contributed by atoms with Crippen molar-refractivity contribution in [3.63, 3.8) is 0 Å². The summed E-state index contributed by atoms with van der Waals surface area (Å²) in [6.45, 7) is 8.42. The fourth-order valence-corrected chi connectivity index (χ4v) is 2.92. The van der Waals surface area contributed by atoms with Gasteiger partial charge in [-0.2, -0.15) is 0 Å². The van der Waals surface area contributed by atoms with E-state index in [1.807, 2.05) is 0 Å². The van der Waals surface area contributed by atoms with Gasteiger partial charge in [0.1, 0.15) is 6.61 Å². The second-order valence-corrected chi connectivity index (χ2v) is 7.43. The van der Waals surface area contributed by atoms with Crippen LogP contribution in [0.2, 0.25) is 0 Å². The lowest BCUT2D eigenvalue weighted by Crippen LogP contribution is -2.11. The van der Waals surface area contributed by atoms with E-state index in [1.165, 1.54) is 77.0 Å². The van der Waals surface area contributed by atoms with Gasteiger partial charge in [0.15, 0.2) is 6.79 Å². The van der Waals surface area contributed by atoms with Gasteiger partial charge in [0.25, 0.3) is 0 Å². The molecule has 170 valence electrons. The third kappa shape index (κ3) is 25.8. The minimum Gasteiger partial charge on any atom is -0.379 e. The van der Waals surface area contributed by atoms with Crippen LogP contribution in [0, 0.1) is 0 Å². The summed E-state index contributed by atoms with van der Waals surface area (Å²) < 4.78 is 16.3. The van der Waals surface area contributed by atoms with E-state index in [4.69, 9.17) is 24.0 Å². The zero-order valence-corrected chi connectivity index (χ0v) is 18.9. The summed E-state index contributed by atoms with van der Waals surface area (Å²) in [6, 6.07) is 0. The van der Waals surface area contributed by atoms with Gasteiger partial charge >= 0.3 is 0 Å². The molecule has 0 rings (SSSR count). The molecular formula is C23H48O5. The molecule has 0 aliphatic heterocycles. The molecule has 0 saturated carbocycles. The molecule has 0 aliphatic rings. The van der Waals surface area contributed by atoms with Gasteiger partial charge in [-0.05, 0) is 12.8 Å². The highest BCUT2D eigenvalue weighted by Crippen LogP contribution is 2.10. The lowest BCUT2D eigenvalue weighted by molar-refractivity contribution is -0.339. The van der Waals surface area contributed by atoms with E-state index in [-0.39, 0.29) is 6.79 Å². The monoisotopic (exact) mass is 404 g/mol. The second kappa shape index (κ2) is 26.8. The first-order valence-electron chi connectivity index (χ1n) is 11.9. The zero-order valence-electron chi connectivity index (χ0n) is 18.9. The number of unbranched alkanes of at least 4 members (excludes halogenated alkanes) is 12. The summed E-state index contributed by atoms with van der Waals surface area (Å²) in [5.74, 6) is 0. The molecule has 0 aromatic rings. The Labute approximate surface area is 174 Å². The largest absolute Gasteiger partial charge is 0.379 e. The van der Waals surface area contributed by atoms with Crippen molar-refractivity contribution in [2.45, 2.75) is 104 Å². The minimum atomic E-state index is 0.193. The predicted molar refractivity (Wildman–Crippen MR) is 115 cm³/mol. The molecule has 0 saturated heterocycles. The molecule has 0 amide bonds. The fraction of sp³-hybridized carbons (Fsp3) is 1.00. The van der Waals surface area contributed by atoms with Crippen LogP contribution in [0.3, 0.4) is 0 Å². The molecule has 0 atom stereocenters. The van der Waals surface area contributed by atoms with E-state index in [9.17, 15) is 0 Å². The van der Waals surface area contributed by atoms with E-state index in [2.05, 4.69) is 13.8 Å². The first-order chi connectivity index (χ1) is 13.9. The number of ether oxygens (including phenoxy) is 3. The topological polar surface area (TPSA) is 46.2 Å². The van der Waals surface area contributed by atoms with Crippen molar-refractivity contribution in [1.29, 1.82) is 0 Å². The average Bonchev–Trinajstić information content (AvgIpc) is 2.71. The van der Waals surface area contributed by atoms with Crippen LogP contribution in [-0.2, 0) is 24.0 Å². The summed E-state index contributed by atoms with van der Waals surface area (Å²) in [5, 5.41) is 0. The maximum absolute atomic E-state index is 5.50. The van der Waals surface area contributed by atoms with Crippen molar-refractivity contribution in [3.8, 4) is 0 Å². The Balaban J connectivity index is 2.96. The zero-order chi connectivity index (χ0) is 20.4. The molecule has 28 heavy (non-hydrogen) atoms. The molecule has 0 aromatic carbocycles. The summed E-state index contributed by atoms with van der Waals surface area (Å²) >= 11 is 0. The van der Waals surface area contributed by atoms with Gasteiger partial charge in [-0.15, -0.1) is 0 Å². The molecule has 0 spiro atoms. The molecule has 0 N–H and O–H groups in total. The Kier molecular flexibility index (Phi) is 26.6. The summed E-state index contributed by atoms with van der Waals surface area (Å²) in [4.78, 5) is 9.99. The highest BCUT2D eigenvalue weighted by atomic mass is 17.2. The van der Waals surface area contributed by atoms with Gasteiger partial charge in [0.2, 0.25) is 0 Å². The highest BCUT2D eigenvalue weighted by molar-refractivity contribution is 4.47. The van der Waals surface area contributed by atoms with E-state index < -0.39 is 0 Å². The maximum Gasteiger partial charge on any atom is 0.180 e. The van der Waals surface area contributed by atoms with Crippen LogP contribution in [0.5, 0.6) is 0 Å².